The number of hydrogen-bond acceptors (Lipinski definition) is 6. The first-order chi connectivity index (χ1) is 8.96. The molecule has 0 bridgehead atoms. The molecule has 8 heteroatoms. The SMILES string of the molecule is O=[N+]([O-])c1ccc(/C=N/NC2CCS(=O)(=O)C2)cc1. The molecule has 0 aromatic heterocycles. The minimum Gasteiger partial charge on any atom is -0.306 e. The normalized spacial score (nSPS) is 21.6. The fourth-order valence-corrected chi connectivity index (χ4v) is 3.46. The van der Waals surface area contributed by atoms with Crippen molar-refractivity contribution in [1.82, 2.24) is 5.43 Å². The largest absolute Gasteiger partial charge is 0.306 e. The Morgan fingerprint density at radius 1 is 1.37 bits per heavy atom. The second-order valence-electron chi connectivity index (χ2n) is 4.34. The summed E-state index contributed by atoms with van der Waals surface area (Å²) in [5.41, 5.74) is 3.51. The molecule has 0 amide bonds. The number of nitro groups is 1. The van der Waals surface area contributed by atoms with Crippen molar-refractivity contribution < 1.29 is 13.3 Å². The fourth-order valence-electron chi connectivity index (χ4n) is 1.80. The molecule has 1 atom stereocenters. The van der Waals surface area contributed by atoms with E-state index in [0.29, 0.717) is 12.0 Å². The van der Waals surface area contributed by atoms with Crippen molar-refractivity contribution in [2.75, 3.05) is 11.5 Å². The summed E-state index contributed by atoms with van der Waals surface area (Å²) in [6.07, 6.45) is 2.06. The van der Waals surface area contributed by atoms with E-state index in [4.69, 9.17) is 0 Å². The van der Waals surface area contributed by atoms with Gasteiger partial charge in [-0.3, -0.25) is 10.1 Å². The number of benzene rings is 1. The Morgan fingerprint density at radius 3 is 2.58 bits per heavy atom. The van der Waals surface area contributed by atoms with E-state index in [1.165, 1.54) is 18.3 Å². The van der Waals surface area contributed by atoms with Gasteiger partial charge in [0, 0.05) is 12.1 Å². The standard InChI is InChI=1S/C11H13N3O4S/c15-14(16)11-3-1-9(2-4-11)7-12-13-10-5-6-19(17,18)8-10/h1-4,7,10,13H,5-6,8H2/b12-7+. The van der Waals surface area contributed by atoms with Crippen LogP contribution in [0.25, 0.3) is 0 Å². The summed E-state index contributed by atoms with van der Waals surface area (Å²) >= 11 is 0. The molecule has 1 fully saturated rings. The van der Waals surface area contributed by atoms with Crippen LogP contribution < -0.4 is 5.43 Å². The van der Waals surface area contributed by atoms with Crippen LogP contribution in [0.3, 0.4) is 0 Å². The molecule has 1 aromatic rings. The Balaban J connectivity index is 1.91. The van der Waals surface area contributed by atoms with E-state index >= 15 is 0 Å². The van der Waals surface area contributed by atoms with E-state index in [1.54, 1.807) is 12.1 Å². The predicted molar refractivity (Wildman–Crippen MR) is 70.9 cm³/mol. The highest BCUT2D eigenvalue weighted by Crippen LogP contribution is 2.12. The minimum atomic E-state index is -2.92. The molecule has 2 rings (SSSR count). The quantitative estimate of drug-likeness (QED) is 0.498. The van der Waals surface area contributed by atoms with Gasteiger partial charge in [-0.25, -0.2) is 8.42 Å². The predicted octanol–water partition coefficient (Wildman–Crippen LogP) is 0.705. The summed E-state index contributed by atoms with van der Waals surface area (Å²) < 4.78 is 22.4. The zero-order valence-corrected chi connectivity index (χ0v) is 10.8. The average molecular weight is 283 g/mol. The minimum absolute atomic E-state index is 0.0204. The van der Waals surface area contributed by atoms with Crippen molar-refractivity contribution in [1.29, 1.82) is 0 Å². The Hall–Kier alpha value is -1.96. The van der Waals surface area contributed by atoms with Gasteiger partial charge in [-0.05, 0) is 24.1 Å². The van der Waals surface area contributed by atoms with E-state index < -0.39 is 14.8 Å². The lowest BCUT2D eigenvalue weighted by molar-refractivity contribution is -0.384. The number of nitrogens with zero attached hydrogens (tertiary/aromatic N) is 2. The summed E-state index contributed by atoms with van der Waals surface area (Å²) in [5.74, 6) is 0.294. The van der Waals surface area contributed by atoms with Crippen LogP contribution in [0.4, 0.5) is 5.69 Å². The third kappa shape index (κ3) is 3.75. The first kappa shape index (κ1) is 13.5. The summed E-state index contributed by atoms with van der Waals surface area (Å²) in [6.45, 7) is 0. The second kappa shape index (κ2) is 5.35. The van der Waals surface area contributed by atoms with Gasteiger partial charge in [0.1, 0.15) is 0 Å². The van der Waals surface area contributed by atoms with Crippen LogP contribution in [-0.2, 0) is 9.84 Å². The number of hydrogen-bond donors (Lipinski definition) is 1. The molecule has 1 saturated heterocycles. The Morgan fingerprint density at radius 2 is 2.05 bits per heavy atom. The summed E-state index contributed by atoms with van der Waals surface area (Å²) in [4.78, 5) is 9.99. The zero-order chi connectivity index (χ0) is 13.9. The first-order valence-electron chi connectivity index (χ1n) is 5.70. The van der Waals surface area contributed by atoms with Gasteiger partial charge in [-0.1, -0.05) is 0 Å². The van der Waals surface area contributed by atoms with Crippen molar-refractivity contribution in [2.24, 2.45) is 5.10 Å². The number of nitro benzene ring substituents is 1. The monoisotopic (exact) mass is 283 g/mol. The number of non-ortho nitro benzene ring substituents is 1. The van der Waals surface area contributed by atoms with Gasteiger partial charge in [0.2, 0.25) is 0 Å². The molecule has 1 unspecified atom stereocenters. The molecular weight excluding hydrogens is 270 g/mol. The third-order valence-electron chi connectivity index (χ3n) is 2.81. The summed E-state index contributed by atoms with van der Waals surface area (Å²) in [7, 11) is -2.92. The van der Waals surface area contributed by atoms with E-state index in [9.17, 15) is 18.5 Å². The lowest BCUT2D eigenvalue weighted by Gasteiger charge is -2.05. The third-order valence-corrected chi connectivity index (χ3v) is 4.58. The van der Waals surface area contributed by atoms with Crippen LogP contribution in [0, 0.1) is 10.1 Å². The zero-order valence-electron chi connectivity index (χ0n) is 10.0. The number of rotatable bonds is 4. The molecule has 0 aliphatic carbocycles. The lowest BCUT2D eigenvalue weighted by Crippen LogP contribution is -2.25. The fraction of sp³-hybridized carbons (Fsp3) is 0.364. The van der Waals surface area contributed by atoms with E-state index in [2.05, 4.69) is 10.5 Å². The van der Waals surface area contributed by atoms with Gasteiger partial charge < -0.3 is 5.43 Å². The highest BCUT2D eigenvalue weighted by atomic mass is 32.2. The van der Waals surface area contributed by atoms with Gasteiger partial charge in [-0.2, -0.15) is 5.10 Å². The maximum Gasteiger partial charge on any atom is 0.269 e. The second-order valence-corrected chi connectivity index (χ2v) is 6.56. The van der Waals surface area contributed by atoms with Crippen molar-refractivity contribution in [2.45, 2.75) is 12.5 Å². The van der Waals surface area contributed by atoms with Crippen LogP contribution in [0.15, 0.2) is 29.4 Å². The Kier molecular flexibility index (Phi) is 3.79. The van der Waals surface area contributed by atoms with Crippen LogP contribution >= 0.6 is 0 Å². The number of nitrogens with one attached hydrogen (secondary N) is 1. The molecule has 7 nitrogen and oxygen atoms in total. The Bertz CT molecular complexity index is 595. The van der Waals surface area contributed by atoms with Crippen molar-refractivity contribution in [3.05, 3.63) is 39.9 Å². The molecule has 19 heavy (non-hydrogen) atoms. The highest BCUT2D eigenvalue weighted by molar-refractivity contribution is 7.91. The average Bonchev–Trinajstić information content (AvgIpc) is 2.69. The molecule has 1 aliphatic heterocycles. The van der Waals surface area contributed by atoms with Gasteiger partial charge in [0.05, 0.1) is 28.7 Å². The van der Waals surface area contributed by atoms with Gasteiger partial charge in [-0.15, -0.1) is 0 Å². The van der Waals surface area contributed by atoms with Gasteiger partial charge in [0.15, 0.2) is 9.84 Å². The van der Waals surface area contributed by atoms with E-state index in [1.807, 2.05) is 0 Å². The molecule has 1 aliphatic rings. The summed E-state index contributed by atoms with van der Waals surface area (Å²) in [5, 5.41) is 14.4. The van der Waals surface area contributed by atoms with E-state index in [0.717, 1.165) is 0 Å². The van der Waals surface area contributed by atoms with Crippen LogP contribution in [-0.4, -0.2) is 37.1 Å². The molecule has 1 N–H and O–H groups in total. The first-order valence-corrected chi connectivity index (χ1v) is 7.52. The maximum absolute atomic E-state index is 11.2. The topological polar surface area (TPSA) is 102 Å². The van der Waals surface area contributed by atoms with E-state index in [-0.39, 0.29) is 23.2 Å². The molecule has 102 valence electrons. The molecule has 1 heterocycles. The van der Waals surface area contributed by atoms with Gasteiger partial charge >= 0.3 is 0 Å². The van der Waals surface area contributed by atoms with Crippen LogP contribution in [0.2, 0.25) is 0 Å². The molecular formula is C11H13N3O4S. The smallest absolute Gasteiger partial charge is 0.269 e. The van der Waals surface area contributed by atoms with Crippen molar-refractivity contribution in [3.63, 3.8) is 0 Å². The van der Waals surface area contributed by atoms with Crippen molar-refractivity contribution in [3.8, 4) is 0 Å². The molecule has 0 radical (unpaired) electrons. The number of sulfone groups is 1. The summed E-state index contributed by atoms with van der Waals surface area (Å²) in [6, 6.07) is 5.78. The molecule has 0 spiro atoms. The molecule has 1 aromatic carbocycles. The van der Waals surface area contributed by atoms with Crippen LogP contribution in [0.5, 0.6) is 0 Å². The maximum atomic E-state index is 11.2. The van der Waals surface area contributed by atoms with Crippen LogP contribution in [0.1, 0.15) is 12.0 Å². The van der Waals surface area contributed by atoms with Crippen molar-refractivity contribution >= 4 is 21.7 Å². The Labute approximate surface area is 110 Å². The van der Waals surface area contributed by atoms with Gasteiger partial charge in [0.25, 0.3) is 5.69 Å². The lowest BCUT2D eigenvalue weighted by atomic mass is 10.2. The molecule has 0 saturated carbocycles. The highest BCUT2D eigenvalue weighted by Gasteiger charge is 2.27. The number of hydrazone groups is 1.